The molecule has 0 fully saturated rings. The van der Waals surface area contributed by atoms with Gasteiger partial charge in [-0.25, -0.2) is 9.78 Å². The summed E-state index contributed by atoms with van der Waals surface area (Å²) in [4.78, 5) is 19.8. The topological polar surface area (TPSA) is 120 Å². The number of carbonyl (C=O) groups is 1. The maximum Gasteiger partial charge on any atom is 0.433 e. The summed E-state index contributed by atoms with van der Waals surface area (Å²) in [5.74, 6) is -1.85. The number of nitrogens with zero attached hydrogens (tertiary/aromatic N) is 3. The van der Waals surface area contributed by atoms with E-state index in [1.807, 2.05) is 6.07 Å². The molecule has 1 aromatic heterocycles. The number of halogens is 3. The van der Waals surface area contributed by atoms with Crippen LogP contribution in [0.5, 0.6) is 11.8 Å². The van der Waals surface area contributed by atoms with Crippen molar-refractivity contribution in [2.45, 2.75) is 25.9 Å². The van der Waals surface area contributed by atoms with Gasteiger partial charge in [-0.2, -0.15) is 23.4 Å². The Morgan fingerprint density at radius 3 is 2.69 bits per heavy atom. The summed E-state index contributed by atoms with van der Waals surface area (Å²) >= 11 is 0. The number of alkyl halides is 3. The molecule has 1 aliphatic rings. The molecule has 1 unspecified atom stereocenters. The average Bonchev–Trinajstić information content (AvgIpc) is 2.73. The van der Waals surface area contributed by atoms with Gasteiger partial charge in [0.1, 0.15) is 23.2 Å². The van der Waals surface area contributed by atoms with Crippen LogP contribution in [0.4, 0.5) is 13.2 Å². The fraction of sp³-hybridized carbons (Fsp3) is 0.238. The fourth-order valence-corrected chi connectivity index (χ4v) is 3.12. The minimum Gasteiger partial charge on any atom is -0.463 e. The molecule has 0 aliphatic carbocycles. The predicted octanol–water partition coefficient (Wildman–Crippen LogP) is 3.93. The van der Waals surface area contributed by atoms with Gasteiger partial charge in [0.05, 0.1) is 18.1 Å². The Balaban J connectivity index is 2.12. The summed E-state index contributed by atoms with van der Waals surface area (Å²) < 4.78 is 55.0. The fourth-order valence-electron chi connectivity index (χ4n) is 3.12. The normalized spacial score (nSPS) is 16.3. The lowest BCUT2D eigenvalue weighted by molar-refractivity contribution is -0.141. The van der Waals surface area contributed by atoms with E-state index in [1.165, 1.54) is 19.1 Å². The highest BCUT2D eigenvalue weighted by Gasteiger charge is 2.38. The summed E-state index contributed by atoms with van der Waals surface area (Å²) in [6, 6.07) is 8.21. The molecule has 0 saturated heterocycles. The van der Waals surface area contributed by atoms with Gasteiger partial charge in [-0.05, 0) is 26.0 Å². The lowest BCUT2D eigenvalue weighted by atomic mass is 9.82. The van der Waals surface area contributed by atoms with Crippen molar-refractivity contribution in [2.75, 3.05) is 6.61 Å². The number of aromatic nitrogens is 2. The first-order chi connectivity index (χ1) is 15.2. The molecule has 0 amide bonds. The Morgan fingerprint density at radius 2 is 2.03 bits per heavy atom. The van der Waals surface area contributed by atoms with Crippen molar-refractivity contribution in [3.8, 4) is 17.8 Å². The van der Waals surface area contributed by atoms with E-state index in [0.717, 1.165) is 6.20 Å². The summed E-state index contributed by atoms with van der Waals surface area (Å²) in [5, 5.41) is 9.68. The van der Waals surface area contributed by atoms with Gasteiger partial charge >= 0.3 is 18.2 Å². The van der Waals surface area contributed by atoms with Gasteiger partial charge < -0.3 is 19.9 Å². The second kappa shape index (κ2) is 8.97. The number of nitrogens with two attached hydrogens (primary N) is 1. The Hall–Kier alpha value is -4.07. The Bertz CT molecular complexity index is 1150. The van der Waals surface area contributed by atoms with Crippen molar-refractivity contribution in [2.24, 2.45) is 5.73 Å². The zero-order chi connectivity index (χ0) is 23.5. The van der Waals surface area contributed by atoms with E-state index in [2.05, 4.69) is 9.97 Å². The van der Waals surface area contributed by atoms with Crippen LogP contribution in [-0.4, -0.2) is 22.5 Å². The maximum atomic E-state index is 13.0. The van der Waals surface area contributed by atoms with Gasteiger partial charge in [0.25, 0.3) is 0 Å². The first kappa shape index (κ1) is 22.6. The number of esters is 1. The van der Waals surface area contributed by atoms with Crippen LogP contribution < -0.4 is 10.5 Å². The lowest BCUT2D eigenvalue weighted by Crippen LogP contribution is -2.25. The van der Waals surface area contributed by atoms with Gasteiger partial charge in [-0.15, -0.1) is 0 Å². The molecule has 2 heterocycles. The predicted molar refractivity (Wildman–Crippen MR) is 104 cm³/mol. The first-order valence-electron chi connectivity index (χ1n) is 9.29. The molecule has 0 saturated carbocycles. The monoisotopic (exact) mass is 446 g/mol. The van der Waals surface area contributed by atoms with Gasteiger partial charge in [0, 0.05) is 11.8 Å². The molecule has 2 aromatic rings. The van der Waals surface area contributed by atoms with Gasteiger partial charge in [-0.3, -0.25) is 0 Å². The van der Waals surface area contributed by atoms with E-state index >= 15 is 0 Å². The zero-order valence-corrected chi connectivity index (χ0v) is 16.9. The van der Waals surface area contributed by atoms with E-state index in [9.17, 15) is 23.2 Å². The van der Waals surface area contributed by atoms with E-state index in [0.29, 0.717) is 6.07 Å². The van der Waals surface area contributed by atoms with Crippen LogP contribution >= 0.6 is 0 Å². The number of benzene rings is 1. The number of carbonyl (C=O) groups excluding carboxylic acids is 1. The van der Waals surface area contributed by atoms with Crippen molar-refractivity contribution in [1.82, 2.24) is 9.97 Å². The number of nitriles is 1. The Labute approximate surface area is 180 Å². The van der Waals surface area contributed by atoms with Crippen molar-refractivity contribution < 1.29 is 32.2 Å². The minimum atomic E-state index is -4.69. The maximum absolute atomic E-state index is 13.0. The Kier molecular flexibility index (Phi) is 6.34. The third kappa shape index (κ3) is 4.49. The van der Waals surface area contributed by atoms with Gasteiger partial charge in [0.15, 0.2) is 5.69 Å². The zero-order valence-electron chi connectivity index (χ0n) is 16.9. The molecule has 11 heteroatoms. The molecule has 8 nitrogen and oxygen atoms in total. The SMILES string of the molecule is CCOC(=O)C1=C(C)OC(N)=C(C#N)C1c1ccccc1Oc1nccc(C(F)(F)F)n1. The van der Waals surface area contributed by atoms with Crippen LogP contribution in [0.2, 0.25) is 0 Å². The minimum absolute atomic E-state index is 0.0126. The molecule has 0 bridgehead atoms. The lowest BCUT2D eigenvalue weighted by Gasteiger charge is -2.27. The third-order valence-corrected chi connectivity index (χ3v) is 4.46. The van der Waals surface area contributed by atoms with E-state index in [4.69, 9.17) is 19.9 Å². The number of rotatable bonds is 5. The summed E-state index contributed by atoms with van der Waals surface area (Å²) in [6.07, 6.45) is -3.78. The first-order valence-corrected chi connectivity index (χ1v) is 9.29. The Morgan fingerprint density at radius 1 is 1.31 bits per heavy atom. The molecule has 0 spiro atoms. The molecule has 1 aliphatic heterocycles. The van der Waals surface area contributed by atoms with Gasteiger partial charge in [0.2, 0.25) is 5.88 Å². The molecule has 0 radical (unpaired) electrons. The molecular formula is C21H17F3N4O4. The van der Waals surface area contributed by atoms with E-state index in [-0.39, 0.29) is 40.7 Å². The molecule has 3 rings (SSSR count). The number of hydrogen-bond acceptors (Lipinski definition) is 8. The van der Waals surface area contributed by atoms with Crippen LogP contribution in [0.25, 0.3) is 0 Å². The molecule has 166 valence electrons. The number of hydrogen-bond donors (Lipinski definition) is 1. The van der Waals surface area contributed by atoms with Crippen LogP contribution in [-0.2, 0) is 20.4 Å². The third-order valence-electron chi connectivity index (χ3n) is 4.46. The highest BCUT2D eigenvalue weighted by molar-refractivity contribution is 5.92. The molecule has 32 heavy (non-hydrogen) atoms. The van der Waals surface area contributed by atoms with E-state index < -0.39 is 29.8 Å². The summed E-state index contributed by atoms with van der Waals surface area (Å²) in [6.45, 7) is 3.17. The van der Waals surface area contributed by atoms with Crippen molar-refractivity contribution in [3.05, 3.63) is 70.6 Å². The van der Waals surface area contributed by atoms with Crippen LogP contribution in [0.15, 0.2) is 59.3 Å². The summed E-state index contributed by atoms with van der Waals surface area (Å²) in [5.41, 5.74) is 4.88. The number of ether oxygens (including phenoxy) is 3. The van der Waals surface area contributed by atoms with Crippen LogP contribution in [0.3, 0.4) is 0 Å². The van der Waals surface area contributed by atoms with Crippen LogP contribution in [0.1, 0.15) is 31.0 Å². The van der Waals surface area contributed by atoms with Crippen molar-refractivity contribution in [1.29, 1.82) is 5.26 Å². The number of allylic oxidation sites excluding steroid dienone is 2. The molecule has 2 N–H and O–H groups in total. The smallest absolute Gasteiger partial charge is 0.433 e. The quantitative estimate of drug-likeness (QED) is 0.686. The average molecular weight is 446 g/mol. The highest BCUT2D eigenvalue weighted by Crippen LogP contribution is 2.43. The largest absolute Gasteiger partial charge is 0.463 e. The van der Waals surface area contributed by atoms with E-state index in [1.54, 1.807) is 19.1 Å². The summed E-state index contributed by atoms with van der Waals surface area (Å²) in [7, 11) is 0. The second-order valence-electron chi connectivity index (χ2n) is 6.48. The number of para-hydroxylation sites is 1. The molecular weight excluding hydrogens is 429 g/mol. The molecule has 1 aromatic carbocycles. The van der Waals surface area contributed by atoms with Gasteiger partial charge in [-0.1, -0.05) is 18.2 Å². The standard InChI is InChI=1S/C21H17F3N4O4/c1-3-30-19(29)16-11(2)31-18(26)13(10-25)17(16)12-6-4-5-7-14(12)32-20-27-9-8-15(28-20)21(22,23)24/h4-9,17H,3,26H2,1-2H3. The van der Waals surface area contributed by atoms with Crippen LogP contribution in [0, 0.1) is 11.3 Å². The molecule has 1 atom stereocenters. The van der Waals surface area contributed by atoms with Crippen molar-refractivity contribution in [3.63, 3.8) is 0 Å². The highest BCUT2D eigenvalue weighted by atomic mass is 19.4. The second-order valence-corrected chi connectivity index (χ2v) is 6.48. The van der Waals surface area contributed by atoms with Crippen molar-refractivity contribution >= 4 is 5.97 Å².